The smallest absolute Gasteiger partial charge is 0.258 e. The van der Waals surface area contributed by atoms with Gasteiger partial charge < -0.3 is 15.4 Å². The Hall–Kier alpha value is -3.61. The molecule has 7 nitrogen and oxygen atoms in total. The van der Waals surface area contributed by atoms with E-state index < -0.39 is 5.91 Å². The first-order valence-corrected chi connectivity index (χ1v) is 8.83. The zero-order chi connectivity index (χ0) is 19.9. The number of nitrogens with zero attached hydrogens (tertiary/aromatic N) is 2. The molecule has 28 heavy (non-hydrogen) atoms. The maximum absolute atomic E-state index is 12.5. The molecule has 0 saturated carbocycles. The molecule has 0 aliphatic carbocycles. The number of aryl methyl sites for hydroxylation is 1. The standard InChI is InChI=1S/C21H22N4O3/c1-25-14-17(21(24-25)28-2)20(27)22-13-18(26)23-19(15-9-5-3-6-10-15)16-11-7-4-8-12-16/h3-12,14,19H,13H2,1-2H3,(H,22,27)(H,23,26). The van der Waals surface area contributed by atoms with Crippen LogP contribution >= 0.6 is 0 Å². The number of hydrogen-bond acceptors (Lipinski definition) is 4. The number of carbonyl (C=O) groups is 2. The average molecular weight is 378 g/mol. The Morgan fingerprint density at radius 2 is 1.61 bits per heavy atom. The third-order valence-electron chi connectivity index (χ3n) is 4.21. The van der Waals surface area contributed by atoms with Gasteiger partial charge in [-0.2, -0.15) is 0 Å². The largest absolute Gasteiger partial charge is 0.479 e. The van der Waals surface area contributed by atoms with Crippen LogP contribution in [0.3, 0.4) is 0 Å². The van der Waals surface area contributed by atoms with Gasteiger partial charge in [0.1, 0.15) is 5.56 Å². The Balaban J connectivity index is 1.68. The Kier molecular flexibility index (Phi) is 6.06. The predicted molar refractivity (Wildman–Crippen MR) is 105 cm³/mol. The van der Waals surface area contributed by atoms with Crippen LogP contribution < -0.4 is 15.4 Å². The molecular formula is C21H22N4O3. The van der Waals surface area contributed by atoms with E-state index in [1.54, 1.807) is 13.2 Å². The number of nitrogens with one attached hydrogen (secondary N) is 2. The van der Waals surface area contributed by atoms with E-state index in [9.17, 15) is 9.59 Å². The van der Waals surface area contributed by atoms with E-state index in [1.165, 1.54) is 11.8 Å². The topological polar surface area (TPSA) is 85.2 Å². The van der Waals surface area contributed by atoms with Crippen LogP contribution in [0.5, 0.6) is 5.88 Å². The highest BCUT2D eigenvalue weighted by Gasteiger charge is 2.19. The lowest BCUT2D eigenvalue weighted by Crippen LogP contribution is -2.39. The molecule has 0 spiro atoms. The summed E-state index contributed by atoms with van der Waals surface area (Å²) in [5.74, 6) is -0.503. The molecule has 1 aromatic heterocycles. The Bertz CT molecular complexity index is 899. The summed E-state index contributed by atoms with van der Waals surface area (Å²) >= 11 is 0. The third-order valence-corrected chi connectivity index (χ3v) is 4.21. The summed E-state index contributed by atoms with van der Waals surface area (Å²) < 4.78 is 6.56. The molecule has 3 rings (SSSR count). The van der Waals surface area contributed by atoms with Crippen molar-refractivity contribution in [1.29, 1.82) is 0 Å². The SMILES string of the molecule is COc1nn(C)cc1C(=O)NCC(=O)NC(c1ccccc1)c1ccccc1. The van der Waals surface area contributed by atoms with Gasteiger partial charge in [-0.1, -0.05) is 60.7 Å². The summed E-state index contributed by atoms with van der Waals surface area (Å²) in [5, 5.41) is 9.63. The van der Waals surface area contributed by atoms with Crippen molar-refractivity contribution in [2.45, 2.75) is 6.04 Å². The second-order valence-corrected chi connectivity index (χ2v) is 6.23. The van der Waals surface area contributed by atoms with Crippen LogP contribution in [-0.4, -0.2) is 35.2 Å². The molecule has 1 heterocycles. The summed E-state index contributed by atoms with van der Waals surface area (Å²) in [7, 11) is 3.13. The van der Waals surface area contributed by atoms with Crippen molar-refractivity contribution in [1.82, 2.24) is 20.4 Å². The minimum atomic E-state index is -0.420. The highest BCUT2D eigenvalue weighted by molar-refractivity contribution is 5.98. The quantitative estimate of drug-likeness (QED) is 0.659. The van der Waals surface area contributed by atoms with E-state index in [4.69, 9.17) is 4.74 Å². The first-order valence-electron chi connectivity index (χ1n) is 8.83. The van der Waals surface area contributed by atoms with Crippen molar-refractivity contribution in [2.75, 3.05) is 13.7 Å². The average Bonchev–Trinajstić information content (AvgIpc) is 3.12. The zero-order valence-electron chi connectivity index (χ0n) is 15.8. The molecule has 0 saturated heterocycles. The second kappa shape index (κ2) is 8.85. The number of methoxy groups -OCH3 is 1. The fourth-order valence-electron chi connectivity index (χ4n) is 2.89. The van der Waals surface area contributed by atoms with Gasteiger partial charge in [0.2, 0.25) is 11.8 Å². The van der Waals surface area contributed by atoms with E-state index in [2.05, 4.69) is 15.7 Å². The number of hydrogen-bond donors (Lipinski definition) is 2. The molecule has 0 unspecified atom stereocenters. The van der Waals surface area contributed by atoms with Crippen molar-refractivity contribution in [2.24, 2.45) is 7.05 Å². The molecule has 0 radical (unpaired) electrons. The molecule has 144 valence electrons. The van der Waals surface area contributed by atoms with Gasteiger partial charge in [-0.05, 0) is 11.1 Å². The van der Waals surface area contributed by atoms with Crippen molar-refractivity contribution >= 4 is 11.8 Å². The second-order valence-electron chi connectivity index (χ2n) is 6.23. The third kappa shape index (κ3) is 4.56. The van der Waals surface area contributed by atoms with Gasteiger partial charge in [-0.15, -0.1) is 5.10 Å². The molecule has 7 heteroatoms. The molecule has 0 bridgehead atoms. The first-order chi connectivity index (χ1) is 13.6. The van der Waals surface area contributed by atoms with Gasteiger partial charge in [-0.3, -0.25) is 14.3 Å². The molecule has 3 aromatic rings. The predicted octanol–water partition coefficient (Wildman–Crippen LogP) is 2.06. The lowest BCUT2D eigenvalue weighted by atomic mass is 9.99. The van der Waals surface area contributed by atoms with Gasteiger partial charge in [-0.25, -0.2) is 0 Å². The number of carbonyl (C=O) groups excluding carboxylic acids is 2. The minimum absolute atomic E-state index is 0.160. The molecule has 0 fully saturated rings. The minimum Gasteiger partial charge on any atom is -0.479 e. The number of amides is 2. The summed E-state index contributed by atoms with van der Waals surface area (Å²) in [6.45, 7) is -0.160. The number of aromatic nitrogens is 2. The van der Waals surface area contributed by atoms with Crippen LogP contribution in [0.1, 0.15) is 27.5 Å². The molecule has 2 amide bonds. The van der Waals surface area contributed by atoms with E-state index in [0.717, 1.165) is 11.1 Å². The van der Waals surface area contributed by atoms with Crippen LogP contribution in [0.2, 0.25) is 0 Å². The number of ether oxygens (including phenoxy) is 1. The Morgan fingerprint density at radius 3 is 2.14 bits per heavy atom. The van der Waals surface area contributed by atoms with E-state index >= 15 is 0 Å². The highest BCUT2D eigenvalue weighted by atomic mass is 16.5. The lowest BCUT2D eigenvalue weighted by Gasteiger charge is -2.20. The molecule has 0 aliphatic rings. The number of benzene rings is 2. The Morgan fingerprint density at radius 1 is 1.04 bits per heavy atom. The van der Waals surface area contributed by atoms with Crippen LogP contribution in [0, 0.1) is 0 Å². The summed E-state index contributed by atoms with van der Waals surface area (Å²) in [4.78, 5) is 24.9. The van der Waals surface area contributed by atoms with Crippen LogP contribution in [0.15, 0.2) is 66.9 Å². The summed E-state index contributed by atoms with van der Waals surface area (Å²) in [6, 6.07) is 19.1. The van der Waals surface area contributed by atoms with Gasteiger partial charge in [0.25, 0.3) is 5.91 Å². The van der Waals surface area contributed by atoms with Crippen molar-refractivity contribution < 1.29 is 14.3 Å². The normalized spacial score (nSPS) is 10.5. The highest BCUT2D eigenvalue weighted by Crippen LogP contribution is 2.21. The van der Waals surface area contributed by atoms with Crippen molar-refractivity contribution in [3.05, 3.63) is 83.6 Å². The van der Waals surface area contributed by atoms with Crippen LogP contribution in [-0.2, 0) is 11.8 Å². The molecular weight excluding hydrogens is 356 g/mol. The van der Waals surface area contributed by atoms with Gasteiger partial charge in [0.15, 0.2) is 0 Å². The van der Waals surface area contributed by atoms with Crippen molar-refractivity contribution in [3.8, 4) is 5.88 Å². The van der Waals surface area contributed by atoms with Crippen LogP contribution in [0.25, 0.3) is 0 Å². The summed E-state index contributed by atoms with van der Waals surface area (Å²) in [6.07, 6.45) is 1.54. The number of rotatable bonds is 7. The van der Waals surface area contributed by atoms with Crippen molar-refractivity contribution in [3.63, 3.8) is 0 Å². The van der Waals surface area contributed by atoms with E-state index in [1.807, 2.05) is 60.7 Å². The fraction of sp³-hybridized carbons (Fsp3) is 0.190. The molecule has 2 N–H and O–H groups in total. The summed E-state index contributed by atoms with van der Waals surface area (Å²) in [5.41, 5.74) is 2.20. The lowest BCUT2D eigenvalue weighted by molar-refractivity contribution is -0.120. The molecule has 0 aliphatic heterocycles. The maximum Gasteiger partial charge on any atom is 0.258 e. The molecule has 0 atom stereocenters. The zero-order valence-corrected chi connectivity index (χ0v) is 15.8. The van der Waals surface area contributed by atoms with Gasteiger partial charge >= 0.3 is 0 Å². The molecule has 2 aromatic carbocycles. The van der Waals surface area contributed by atoms with Crippen LogP contribution in [0.4, 0.5) is 0 Å². The Labute approximate surface area is 163 Å². The monoisotopic (exact) mass is 378 g/mol. The fourth-order valence-corrected chi connectivity index (χ4v) is 2.89. The van der Waals surface area contributed by atoms with Gasteiger partial charge in [0.05, 0.1) is 19.7 Å². The van der Waals surface area contributed by atoms with E-state index in [0.29, 0.717) is 0 Å². The van der Waals surface area contributed by atoms with Gasteiger partial charge in [0, 0.05) is 13.2 Å². The first kappa shape index (κ1) is 19.2. The van der Waals surface area contributed by atoms with E-state index in [-0.39, 0.29) is 29.9 Å². The maximum atomic E-state index is 12.5.